The summed E-state index contributed by atoms with van der Waals surface area (Å²) in [7, 11) is -3.43. The van der Waals surface area contributed by atoms with Crippen molar-refractivity contribution in [2.75, 3.05) is 17.7 Å². The van der Waals surface area contributed by atoms with Crippen molar-refractivity contribution in [2.24, 2.45) is 0 Å². The van der Waals surface area contributed by atoms with Gasteiger partial charge in [0, 0.05) is 11.6 Å². The fourth-order valence-electron chi connectivity index (χ4n) is 2.18. The van der Waals surface area contributed by atoms with Gasteiger partial charge in [0.25, 0.3) is 0 Å². The van der Waals surface area contributed by atoms with Crippen molar-refractivity contribution >= 4 is 44.8 Å². The largest absolute Gasteiger partial charge is 0.310 e. The van der Waals surface area contributed by atoms with Gasteiger partial charge in [0.05, 0.1) is 17.0 Å². The molecule has 1 aromatic carbocycles. The molecule has 20 heavy (non-hydrogen) atoms. The SMILES string of the molecule is CS(=O)(=O)N[C@@H]1CCCN(c2ccc(Cl)cc2Cl)C1=O. The van der Waals surface area contributed by atoms with Gasteiger partial charge in [-0.05, 0) is 31.0 Å². The summed E-state index contributed by atoms with van der Waals surface area (Å²) in [6.45, 7) is 0.502. The maximum absolute atomic E-state index is 12.3. The number of halogens is 2. The fraction of sp³-hybridized carbons (Fsp3) is 0.417. The van der Waals surface area contributed by atoms with Gasteiger partial charge in [0.1, 0.15) is 6.04 Å². The summed E-state index contributed by atoms with van der Waals surface area (Å²) in [5.41, 5.74) is 0.543. The normalized spacial score (nSPS) is 20.2. The van der Waals surface area contributed by atoms with Gasteiger partial charge in [-0.25, -0.2) is 13.1 Å². The Morgan fingerprint density at radius 2 is 2.05 bits per heavy atom. The third-order valence-electron chi connectivity index (χ3n) is 3.00. The number of carbonyl (C=O) groups is 1. The molecule has 0 saturated carbocycles. The van der Waals surface area contributed by atoms with E-state index in [1.165, 1.54) is 4.90 Å². The van der Waals surface area contributed by atoms with Crippen LogP contribution in [0.4, 0.5) is 5.69 Å². The van der Waals surface area contributed by atoms with E-state index in [0.29, 0.717) is 35.1 Å². The standard InChI is InChI=1S/C12H14Cl2N2O3S/c1-20(18,19)15-10-3-2-6-16(12(10)17)11-5-4-8(13)7-9(11)14/h4-5,7,10,15H,2-3,6H2,1H3/t10-/m1/s1. The summed E-state index contributed by atoms with van der Waals surface area (Å²) in [4.78, 5) is 13.8. The molecular formula is C12H14Cl2N2O3S. The molecule has 5 nitrogen and oxygen atoms in total. The number of anilines is 1. The zero-order valence-electron chi connectivity index (χ0n) is 10.8. The summed E-state index contributed by atoms with van der Waals surface area (Å²) >= 11 is 11.9. The number of hydrogen-bond donors (Lipinski definition) is 1. The van der Waals surface area contributed by atoms with Crippen molar-refractivity contribution < 1.29 is 13.2 Å². The monoisotopic (exact) mass is 336 g/mol. The Bertz CT molecular complexity index is 634. The number of hydrogen-bond acceptors (Lipinski definition) is 3. The lowest BCUT2D eigenvalue weighted by Crippen LogP contribution is -2.52. The van der Waals surface area contributed by atoms with Crippen LogP contribution in [0.2, 0.25) is 10.0 Å². The number of nitrogens with one attached hydrogen (secondary N) is 1. The molecule has 1 N–H and O–H groups in total. The third-order valence-corrected chi connectivity index (χ3v) is 4.25. The molecule has 0 spiro atoms. The molecule has 110 valence electrons. The molecule has 1 saturated heterocycles. The van der Waals surface area contributed by atoms with Crippen LogP contribution in [0.5, 0.6) is 0 Å². The maximum Gasteiger partial charge on any atom is 0.245 e. The molecular weight excluding hydrogens is 323 g/mol. The number of carbonyl (C=O) groups excluding carboxylic acids is 1. The molecule has 0 aromatic heterocycles. The van der Waals surface area contributed by atoms with Crippen LogP contribution < -0.4 is 9.62 Å². The Hall–Kier alpha value is -0.820. The van der Waals surface area contributed by atoms with E-state index in [-0.39, 0.29) is 5.91 Å². The number of sulfonamides is 1. The Balaban J connectivity index is 2.26. The molecule has 1 amide bonds. The summed E-state index contributed by atoms with van der Waals surface area (Å²) in [6, 6.07) is 4.11. The van der Waals surface area contributed by atoms with Crippen molar-refractivity contribution in [1.82, 2.24) is 4.72 Å². The number of amides is 1. The van der Waals surface area contributed by atoms with Crippen LogP contribution in [0.3, 0.4) is 0 Å². The Kier molecular flexibility index (Phi) is 4.59. The van der Waals surface area contributed by atoms with Crippen LogP contribution in [0.1, 0.15) is 12.8 Å². The van der Waals surface area contributed by atoms with Crippen molar-refractivity contribution in [3.63, 3.8) is 0 Å². The van der Waals surface area contributed by atoms with E-state index in [1.54, 1.807) is 18.2 Å². The van der Waals surface area contributed by atoms with Crippen molar-refractivity contribution in [3.05, 3.63) is 28.2 Å². The zero-order chi connectivity index (χ0) is 14.9. The van der Waals surface area contributed by atoms with E-state index in [1.807, 2.05) is 0 Å². The van der Waals surface area contributed by atoms with Crippen LogP contribution in [-0.4, -0.2) is 33.2 Å². The maximum atomic E-state index is 12.3. The van der Waals surface area contributed by atoms with Gasteiger partial charge in [-0.3, -0.25) is 4.79 Å². The predicted molar refractivity (Wildman–Crippen MR) is 79.8 cm³/mol. The summed E-state index contributed by atoms with van der Waals surface area (Å²) < 4.78 is 24.9. The van der Waals surface area contributed by atoms with Gasteiger partial charge in [-0.1, -0.05) is 23.2 Å². The highest BCUT2D eigenvalue weighted by molar-refractivity contribution is 7.88. The molecule has 0 radical (unpaired) electrons. The molecule has 2 rings (SSSR count). The molecule has 1 aliphatic rings. The summed E-state index contributed by atoms with van der Waals surface area (Å²) in [5.74, 6) is -0.300. The van der Waals surface area contributed by atoms with Crippen LogP contribution in [0.25, 0.3) is 0 Å². The minimum absolute atomic E-state index is 0.300. The molecule has 1 atom stereocenters. The highest BCUT2D eigenvalue weighted by atomic mass is 35.5. The van der Waals surface area contributed by atoms with E-state index >= 15 is 0 Å². The lowest BCUT2D eigenvalue weighted by atomic mass is 10.0. The van der Waals surface area contributed by atoms with Gasteiger partial charge in [-0.15, -0.1) is 0 Å². The van der Waals surface area contributed by atoms with Crippen LogP contribution in [-0.2, 0) is 14.8 Å². The molecule has 0 aliphatic carbocycles. The second-order valence-corrected chi connectivity index (χ2v) is 7.29. The average Bonchev–Trinajstić information content (AvgIpc) is 2.31. The third kappa shape index (κ3) is 3.63. The minimum Gasteiger partial charge on any atom is -0.310 e. The van der Waals surface area contributed by atoms with Crippen LogP contribution in [0, 0.1) is 0 Å². The highest BCUT2D eigenvalue weighted by Crippen LogP contribution is 2.31. The predicted octanol–water partition coefficient (Wildman–Crippen LogP) is 2.04. The van der Waals surface area contributed by atoms with Gasteiger partial charge < -0.3 is 4.90 Å². The van der Waals surface area contributed by atoms with Gasteiger partial charge in [-0.2, -0.15) is 0 Å². The lowest BCUT2D eigenvalue weighted by Gasteiger charge is -2.32. The minimum atomic E-state index is -3.43. The molecule has 0 bridgehead atoms. The Labute approximate surface area is 127 Å². The topological polar surface area (TPSA) is 66.5 Å². The number of nitrogens with zero attached hydrogens (tertiary/aromatic N) is 1. The quantitative estimate of drug-likeness (QED) is 0.918. The van der Waals surface area contributed by atoms with Gasteiger partial charge in [0.15, 0.2) is 0 Å². The molecule has 1 aliphatic heterocycles. The first-order valence-corrected chi connectivity index (χ1v) is 8.66. The fourth-order valence-corrected chi connectivity index (χ4v) is 3.43. The van der Waals surface area contributed by atoms with Crippen molar-refractivity contribution in [3.8, 4) is 0 Å². The molecule has 1 fully saturated rings. The van der Waals surface area contributed by atoms with E-state index in [0.717, 1.165) is 6.26 Å². The first-order valence-electron chi connectivity index (χ1n) is 6.01. The number of piperidine rings is 1. The lowest BCUT2D eigenvalue weighted by molar-refractivity contribution is -0.121. The molecule has 0 unspecified atom stereocenters. The first-order chi connectivity index (χ1) is 9.28. The van der Waals surface area contributed by atoms with Gasteiger partial charge in [0.2, 0.25) is 15.9 Å². The first kappa shape index (κ1) is 15.6. The second-order valence-electron chi connectivity index (χ2n) is 4.67. The van der Waals surface area contributed by atoms with E-state index in [9.17, 15) is 13.2 Å². The summed E-state index contributed by atoms with van der Waals surface area (Å²) in [6.07, 6.45) is 2.21. The number of rotatable bonds is 3. The van der Waals surface area contributed by atoms with Crippen LogP contribution in [0.15, 0.2) is 18.2 Å². The van der Waals surface area contributed by atoms with E-state index in [2.05, 4.69) is 4.72 Å². The van der Waals surface area contributed by atoms with E-state index < -0.39 is 16.1 Å². The smallest absolute Gasteiger partial charge is 0.245 e. The average molecular weight is 337 g/mol. The van der Waals surface area contributed by atoms with E-state index in [4.69, 9.17) is 23.2 Å². The highest BCUT2D eigenvalue weighted by Gasteiger charge is 2.32. The molecule has 1 aromatic rings. The molecule has 8 heteroatoms. The molecule has 1 heterocycles. The zero-order valence-corrected chi connectivity index (χ0v) is 13.1. The number of benzene rings is 1. The van der Waals surface area contributed by atoms with Crippen LogP contribution >= 0.6 is 23.2 Å². The second kappa shape index (κ2) is 5.89. The van der Waals surface area contributed by atoms with Crippen molar-refractivity contribution in [2.45, 2.75) is 18.9 Å². The summed E-state index contributed by atoms with van der Waals surface area (Å²) in [5, 5.41) is 0.847. The van der Waals surface area contributed by atoms with Crippen molar-refractivity contribution in [1.29, 1.82) is 0 Å². The Morgan fingerprint density at radius 1 is 1.35 bits per heavy atom. The van der Waals surface area contributed by atoms with Gasteiger partial charge >= 0.3 is 0 Å². The Morgan fingerprint density at radius 3 is 2.65 bits per heavy atom.